The highest BCUT2D eigenvalue weighted by Crippen LogP contribution is 2.39. The molecule has 0 saturated heterocycles. The maximum absolute atomic E-state index is 5.93. The average molecular weight is 383 g/mol. The Labute approximate surface area is 167 Å². The van der Waals surface area contributed by atoms with Crippen LogP contribution in [-0.2, 0) is 6.42 Å². The van der Waals surface area contributed by atoms with E-state index in [2.05, 4.69) is 60.5 Å². The van der Waals surface area contributed by atoms with Crippen molar-refractivity contribution in [3.05, 3.63) is 53.1 Å². The van der Waals surface area contributed by atoms with Gasteiger partial charge in [-0.25, -0.2) is 0 Å². The first-order valence-corrected chi connectivity index (χ1v) is 10.4. The number of rotatable bonds is 7. The molecule has 0 saturated carbocycles. The molecule has 2 aliphatic heterocycles. The number of hydrogen-bond donors (Lipinski definition) is 1. The predicted octanol–water partition coefficient (Wildman–Crippen LogP) is 3.41. The van der Waals surface area contributed by atoms with Crippen molar-refractivity contribution in [1.29, 1.82) is 0 Å². The fourth-order valence-corrected chi connectivity index (χ4v) is 3.98. The smallest absolute Gasteiger partial charge is 0.161 e. The van der Waals surface area contributed by atoms with Gasteiger partial charge in [-0.2, -0.15) is 0 Å². The van der Waals surface area contributed by atoms with Gasteiger partial charge in [-0.3, -0.25) is 0 Å². The highest BCUT2D eigenvalue weighted by atomic mass is 16.6. The Morgan fingerprint density at radius 3 is 2.46 bits per heavy atom. The second-order valence-electron chi connectivity index (χ2n) is 7.28. The molecule has 1 atom stereocenters. The van der Waals surface area contributed by atoms with Crippen LogP contribution in [0.15, 0.2) is 36.4 Å². The van der Waals surface area contributed by atoms with Crippen LogP contribution in [0.1, 0.15) is 36.6 Å². The summed E-state index contributed by atoms with van der Waals surface area (Å²) in [6, 6.07) is 12.9. The Morgan fingerprint density at radius 2 is 1.75 bits per heavy atom. The predicted molar refractivity (Wildman–Crippen MR) is 111 cm³/mol. The van der Waals surface area contributed by atoms with E-state index in [0.717, 1.165) is 56.5 Å². The first-order valence-electron chi connectivity index (χ1n) is 10.4. The summed E-state index contributed by atoms with van der Waals surface area (Å²) in [6.45, 7) is 10.4. The zero-order valence-electron chi connectivity index (χ0n) is 16.9. The Hall–Kier alpha value is -2.24. The summed E-state index contributed by atoms with van der Waals surface area (Å²) in [7, 11) is 0. The van der Waals surface area contributed by atoms with Gasteiger partial charge in [0.25, 0.3) is 0 Å². The quantitative estimate of drug-likeness (QED) is 0.795. The zero-order valence-corrected chi connectivity index (χ0v) is 16.9. The first kappa shape index (κ1) is 19.1. The summed E-state index contributed by atoms with van der Waals surface area (Å²) in [5, 5.41) is 3.65. The van der Waals surface area contributed by atoms with Crippen molar-refractivity contribution < 1.29 is 14.2 Å². The highest BCUT2D eigenvalue weighted by Gasteiger charge is 2.25. The summed E-state index contributed by atoms with van der Waals surface area (Å²) < 4.78 is 17.5. The Bertz CT molecular complexity index is 787. The minimum absolute atomic E-state index is 0.171. The van der Waals surface area contributed by atoms with Gasteiger partial charge in [0.15, 0.2) is 11.5 Å². The van der Waals surface area contributed by atoms with Crippen LogP contribution in [0.5, 0.6) is 17.2 Å². The van der Waals surface area contributed by atoms with Gasteiger partial charge >= 0.3 is 0 Å². The molecular weight excluding hydrogens is 352 g/mol. The summed E-state index contributed by atoms with van der Waals surface area (Å²) in [5.74, 6) is 2.66. The number of likely N-dealkylation sites (N-methyl/N-ethyl adjacent to an activating group) is 1. The number of nitrogens with zero attached hydrogens (tertiary/aromatic N) is 1. The van der Waals surface area contributed by atoms with Crippen LogP contribution >= 0.6 is 0 Å². The molecule has 4 rings (SSSR count). The lowest BCUT2D eigenvalue weighted by Gasteiger charge is -2.30. The van der Waals surface area contributed by atoms with Crippen LogP contribution < -0.4 is 19.5 Å². The average Bonchev–Trinajstić information content (AvgIpc) is 2.75. The Kier molecular flexibility index (Phi) is 6.03. The van der Waals surface area contributed by atoms with Crippen LogP contribution in [0.4, 0.5) is 0 Å². The van der Waals surface area contributed by atoms with Gasteiger partial charge in [-0.1, -0.05) is 26.0 Å². The van der Waals surface area contributed by atoms with Crippen molar-refractivity contribution in [1.82, 2.24) is 10.2 Å². The molecule has 2 aliphatic rings. The monoisotopic (exact) mass is 382 g/mol. The molecule has 0 fully saturated rings. The second kappa shape index (κ2) is 8.84. The number of hydrogen-bond acceptors (Lipinski definition) is 5. The lowest BCUT2D eigenvalue weighted by atomic mass is 9.89. The van der Waals surface area contributed by atoms with Gasteiger partial charge < -0.3 is 24.4 Å². The molecule has 2 aromatic carbocycles. The van der Waals surface area contributed by atoms with Crippen LogP contribution in [0.25, 0.3) is 0 Å². The van der Waals surface area contributed by atoms with Crippen molar-refractivity contribution in [3.63, 3.8) is 0 Å². The molecule has 0 aromatic heterocycles. The lowest BCUT2D eigenvalue weighted by molar-refractivity contribution is 0.171. The maximum Gasteiger partial charge on any atom is 0.161 e. The van der Waals surface area contributed by atoms with Gasteiger partial charge in [0.1, 0.15) is 25.6 Å². The zero-order chi connectivity index (χ0) is 19.3. The normalized spacial score (nSPS) is 18.0. The molecule has 0 spiro atoms. The summed E-state index contributed by atoms with van der Waals surface area (Å²) in [6.07, 6.45) is 1.01. The van der Waals surface area contributed by atoms with E-state index in [9.17, 15) is 0 Å². The molecule has 5 heteroatoms. The van der Waals surface area contributed by atoms with Gasteiger partial charge in [-0.05, 0) is 60.5 Å². The Balaban J connectivity index is 1.47. The van der Waals surface area contributed by atoms with Crippen molar-refractivity contribution in [2.75, 3.05) is 46.0 Å². The van der Waals surface area contributed by atoms with E-state index in [1.807, 2.05) is 0 Å². The van der Waals surface area contributed by atoms with Gasteiger partial charge in [0.05, 0.1) is 6.04 Å². The molecule has 5 nitrogen and oxygen atoms in total. The molecule has 0 bridgehead atoms. The van der Waals surface area contributed by atoms with Crippen LogP contribution in [-0.4, -0.2) is 50.9 Å². The van der Waals surface area contributed by atoms with Crippen molar-refractivity contribution >= 4 is 0 Å². The van der Waals surface area contributed by atoms with Crippen molar-refractivity contribution in [3.8, 4) is 17.2 Å². The van der Waals surface area contributed by atoms with Crippen LogP contribution in [0, 0.1) is 0 Å². The molecule has 28 heavy (non-hydrogen) atoms. The maximum atomic E-state index is 5.93. The molecule has 1 unspecified atom stereocenters. The van der Waals surface area contributed by atoms with E-state index in [-0.39, 0.29) is 6.04 Å². The van der Waals surface area contributed by atoms with Crippen LogP contribution in [0.3, 0.4) is 0 Å². The molecule has 2 aromatic rings. The second-order valence-corrected chi connectivity index (χ2v) is 7.28. The molecule has 0 radical (unpaired) electrons. The number of ether oxygens (including phenoxy) is 3. The minimum Gasteiger partial charge on any atom is -0.492 e. The number of benzene rings is 2. The largest absolute Gasteiger partial charge is 0.492 e. The molecule has 0 aliphatic carbocycles. The van der Waals surface area contributed by atoms with Gasteiger partial charge in [0, 0.05) is 13.1 Å². The number of nitrogens with one attached hydrogen (secondary N) is 1. The van der Waals surface area contributed by atoms with E-state index in [4.69, 9.17) is 14.2 Å². The summed E-state index contributed by atoms with van der Waals surface area (Å²) in [4.78, 5) is 2.36. The lowest BCUT2D eigenvalue weighted by Crippen LogP contribution is -2.31. The van der Waals surface area contributed by atoms with Crippen molar-refractivity contribution in [2.45, 2.75) is 26.3 Å². The van der Waals surface area contributed by atoms with E-state index >= 15 is 0 Å². The molecular formula is C23H30N2O3. The van der Waals surface area contributed by atoms with E-state index < -0.39 is 0 Å². The van der Waals surface area contributed by atoms with Crippen molar-refractivity contribution in [2.24, 2.45) is 0 Å². The summed E-state index contributed by atoms with van der Waals surface area (Å²) in [5.41, 5.74) is 3.87. The fraction of sp³-hybridized carbons (Fsp3) is 0.478. The summed E-state index contributed by atoms with van der Waals surface area (Å²) >= 11 is 0. The Morgan fingerprint density at radius 1 is 1.04 bits per heavy atom. The van der Waals surface area contributed by atoms with E-state index in [1.165, 1.54) is 16.7 Å². The van der Waals surface area contributed by atoms with Gasteiger partial charge in [0.2, 0.25) is 0 Å². The minimum atomic E-state index is 0.171. The highest BCUT2D eigenvalue weighted by molar-refractivity contribution is 5.52. The SMILES string of the molecule is CCN(CC)CCOc1ccc(C2NCCc3cc4c(cc32)OCCO4)cc1. The molecule has 0 amide bonds. The number of fused-ring (bicyclic) bond motifs is 2. The third-order valence-corrected chi connectivity index (χ3v) is 5.64. The molecule has 1 N–H and O–H groups in total. The third-order valence-electron chi connectivity index (χ3n) is 5.64. The fourth-order valence-electron chi connectivity index (χ4n) is 3.98. The van der Waals surface area contributed by atoms with Gasteiger partial charge in [-0.15, -0.1) is 0 Å². The molecule has 2 heterocycles. The van der Waals surface area contributed by atoms with Crippen LogP contribution in [0.2, 0.25) is 0 Å². The van der Waals surface area contributed by atoms with E-state index in [1.54, 1.807) is 0 Å². The first-order chi connectivity index (χ1) is 13.8. The third kappa shape index (κ3) is 4.10. The van der Waals surface area contributed by atoms with E-state index in [0.29, 0.717) is 13.2 Å². The topological polar surface area (TPSA) is 43.0 Å². The molecule has 150 valence electrons. The standard InChI is InChI=1S/C23H30N2O3/c1-3-25(4-2)11-12-26-19-7-5-17(6-8-19)23-20-16-22-21(27-13-14-28-22)15-18(20)9-10-24-23/h5-8,15-16,23-24H,3-4,9-14H2,1-2H3.